The van der Waals surface area contributed by atoms with Gasteiger partial charge < -0.3 is 109 Å². The number of aliphatic hydroxyl groups is 2. The molecule has 0 spiro atoms. The van der Waals surface area contributed by atoms with E-state index in [1.165, 1.54) is 77.4 Å². The number of para-hydroxylation sites is 2. The topological polar surface area (TPSA) is 590 Å². The van der Waals surface area contributed by atoms with Crippen molar-refractivity contribution in [3.8, 4) is 5.75 Å². The van der Waals surface area contributed by atoms with Crippen molar-refractivity contribution in [1.82, 2.24) is 81.7 Å². The van der Waals surface area contributed by atoms with Gasteiger partial charge in [0.2, 0.25) is 82.7 Å². The summed E-state index contributed by atoms with van der Waals surface area (Å²) in [5.74, 6) is -19.2. The summed E-state index contributed by atoms with van der Waals surface area (Å²) < 4.78 is 0. The number of phenolic OH excluding ortho intramolecular Hbond substituents is 1. The Morgan fingerprint density at radius 3 is 1.80 bits per heavy atom. The molecule has 0 bridgehead atoms. The number of benzene rings is 3. The van der Waals surface area contributed by atoms with Crippen molar-refractivity contribution in [3.63, 3.8) is 0 Å². The number of primary amides is 2. The Morgan fingerprint density at radius 2 is 1.18 bits per heavy atom. The maximum atomic E-state index is 15.7. The average molecular weight is 1890 g/mol. The highest BCUT2D eigenvalue weighted by Crippen LogP contribution is 2.36. The van der Waals surface area contributed by atoms with Crippen LogP contribution in [-0.2, 0) is 107 Å². The molecule has 40 heteroatoms. The number of thioether (sulfide) groups is 1. The quantitative estimate of drug-likeness (QED) is 0.0385. The molecular weight excluding hydrogens is 1760 g/mol. The number of unbranched alkanes of at least 4 members (excludes halogenated alkanes) is 2. The van der Waals surface area contributed by atoms with Gasteiger partial charge in [-0.3, -0.25) is 81.5 Å². The van der Waals surface area contributed by atoms with Crippen LogP contribution in [0.4, 0.5) is 0 Å². The van der Waals surface area contributed by atoms with Crippen molar-refractivity contribution in [1.29, 1.82) is 0 Å². The van der Waals surface area contributed by atoms with E-state index in [4.69, 9.17) is 17.2 Å². The standard InChI is InChI=1S/C95H131N19O20S/c1-8-10-24-74-87(127)105-68(23-16-32-96)78(118)40-60(84(124)102-48-82(98)122)51-135-52-83(123)104-71(36-55-27-29-62(116)30-28-55)93(133)114-34-18-31-95(114,5)80(120)41-57(42-81(97)121)90(130)112-33-17-26-75(112)88(128)106-69(43-61-47-99-53-103-61)79(119)39-56(35-54(3)4)91(131)113-49-63(117)44-77(113)89(129)107-70(37-58-45-100-66-21-14-12-19-64(58)66)85(125)109-73(50-115)86(126)108-72(38-59-46-101-67-22-15-13-20-65(59)67)92(132)111(7)76(25-11-9-2)94(134)110(74)6/h12-15,19-22,27-30,45-47,53-54,56-57,60,63,68-77,100-101,115-117H,8-11,16-18,23-26,31-44,48-52,96H2,1-7H3,(H2,97,121)(H2,98,122)(H,99,103)(H,102,124)(H,104,123)(H,105,127)(H,106,128)(H,107,129)(H,108,126)(H,109,125)/t56-,57+,60+,63-,68+,69+,70+,71+,72+,73+,74+,75?,76+,77+,95-/m1/s1. The Morgan fingerprint density at radius 1 is 0.593 bits per heavy atom. The minimum atomic E-state index is -1.87. The van der Waals surface area contributed by atoms with Crippen LogP contribution in [0.15, 0.2) is 97.7 Å². The van der Waals surface area contributed by atoms with Crippen molar-refractivity contribution < 1.29 is 96.8 Å². The van der Waals surface area contributed by atoms with Gasteiger partial charge in [-0.25, -0.2) is 4.98 Å². The number of aliphatic hydroxyl groups excluding tert-OH is 2. The van der Waals surface area contributed by atoms with Gasteiger partial charge in [-0.05, 0) is 118 Å². The van der Waals surface area contributed by atoms with Gasteiger partial charge in [-0.15, -0.1) is 0 Å². The number of ketones is 3. The number of rotatable bonds is 25. The third kappa shape index (κ3) is 27.7. The van der Waals surface area contributed by atoms with E-state index in [-0.39, 0.29) is 127 Å². The summed E-state index contributed by atoms with van der Waals surface area (Å²) in [5.41, 5.74) is 18.8. The fraction of sp³-hybridized carbons (Fsp3) is 0.558. The Labute approximate surface area is 787 Å². The van der Waals surface area contributed by atoms with Gasteiger partial charge in [0, 0.05) is 149 Å². The summed E-state index contributed by atoms with van der Waals surface area (Å²) in [5, 5.41) is 53.5. The fourth-order valence-corrected chi connectivity index (χ4v) is 19.6. The van der Waals surface area contributed by atoms with E-state index in [0.29, 0.717) is 69.9 Å². The van der Waals surface area contributed by atoms with Crippen LogP contribution in [0.5, 0.6) is 5.75 Å². The summed E-state index contributed by atoms with van der Waals surface area (Å²) in [6.07, 6.45) is 3.48. The number of likely N-dealkylation sites (N-methyl/N-ethyl adjacent to an activating group) is 2. The number of aromatic hydroxyl groups is 1. The number of Topliss-reactive ketones (excluding diaryl/α,β-unsaturated/α-hetero) is 3. The number of phenols is 1. The second kappa shape index (κ2) is 49.2. The lowest BCUT2D eigenvalue weighted by molar-refractivity contribution is -0.149. The minimum absolute atomic E-state index is 0.0246. The maximum Gasteiger partial charge on any atom is 0.246 e. The molecule has 10 rings (SSSR count). The molecule has 4 aliphatic heterocycles. The summed E-state index contributed by atoms with van der Waals surface area (Å²) in [7, 11) is 2.76. The molecule has 1 unspecified atom stereocenters. The lowest BCUT2D eigenvalue weighted by atomic mass is 9.84. The Kier molecular flexibility index (Phi) is 38.1. The van der Waals surface area contributed by atoms with Crippen LogP contribution in [0.1, 0.15) is 173 Å². The smallest absolute Gasteiger partial charge is 0.246 e. The molecule has 4 aliphatic rings. The molecule has 732 valence electrons. The molecule has 0 saturated carbocycles. The first-order valence-electron chi connectivity index (χ1n) is 46.6. The third-order valence-corrected chi connectivity index (χ3v) is 27.1. The fourth-order valence-electron chi connectivity index (χ4n) is 18.6. The summed E-state index contributed by atoms with van der Waals surface area (Å²) >= 11 is 0.873. The van der Waals surface area contributed by atoms with Crippen molar-refractivity contribution in [2.45, 2.75) is 248 Å². The van der Waals surface area contributed by atoms with Crippen LogP contribution in [0, 0.1) is 23.7 Å². The molecule has 3 aromatic carbocycles. The second-order valence-electron chi connectivity index (χ2n) is 36.5. The van der Waals surface area contributed by atoms with E-state index >= 15 is 57.5 Å². The van der Waals surface area contributed by atoms with E-state index in [0.717, 1.165) is 16.7 Å². The molecule has 39 nitrogen and oxygen atoms in total. The van der Waals surface area contributed by atoms with Crippen molar-refractivity contribution >= 4 is 134 Å². The highest BCUT2D eigenvalue weighted by atomic mass is 32.2. The predicted octanol–water partition coefficient (Wildman–Crippen LogP) is 1.35. The number of amides is 14. The van der Waals surface area contributed by atoms with Gasteiger partial charge in [0.15, 0.2) is 17.3 Å². The van der Waals surface area contributed by atoms with E-state index in [1.54, 1.807) is 74.8 Å². The number of nitrogens with two attached hydrogens (primary N) is 3. The summed E-state index contributed by atoms with van der Waals surface area (Å²) in [6, 6.07) is 5.26. The Hall–Kier alpha value is -12.4. The molecule has 0 aliphatic carbocycles. The zero-order chi connectivity index (χ0) is 98.1. The first kappa shape index (κ1) is 105. The van der Waals surface area contributed by atoms with Crippen LogP contribution < -0.4 is 54.4 Å². The zero-order valence-electron chi connectivity index (χ0n) is 77.7. The van der Waals surface area contributed by atoms with Crippen LogP contribution in [0.3, 0.4) is 0 Å². The van der Waals surface area contributed by atoms with Gasteiger partial charge in [-0.1, -0.05) is 102 Å². The number of nitrogens with one attached hydrogen (secondary N) is 10. The van der Waals surface area contributed by atoms with Crippen molar-refractivity contribution in [2.24, 2.45) is 40.9 Å². The normalized spacial score (nSPS) is 26.0. The molecule has 19 N–H and O–H groups in total. The van der Waals surface area contributed by atoms with Crippen LogP contribution in [0.2, 0.25) is 0 Å². The van der Waals surface area contributed by atoms with E-state index < -0.39 is 241 Å². The average Bonchev–Trinajstić information content (AvgIpc) is 1.65. The summed E-state index contributed by atoms with van der Waals surface area (Å²) in [4.78, 5) is 272. The molecule has 6 aromatic rings. The van der Waals surface area contributed by atoms with Gasteiger partial charge in [0.25, 0.3) is 0 Å². The number of nitrogens with zero attached hydrogens (tertiary/aromatic N) is 6. The Bertz CT molecular complexity index is 5220. The molecule has 14 amide bonds. The number of carbonyl (C=O) groups excluding carboxylic acids is 17. The first-order valence-corrected chi connectivity index (χ1v) is 47.7. The second-order valence-corrected chi connectivity index (χ2v) is 37.6. The molecule has 135 heavy (non-hydrogen) atoms. The molecule has 3 aromatic heterocycles. The highest BCUT2D eigenvalue weighted by Gasteiger charge is 2.51. The van der Waals surface area contributed by atoms with Gasteiger partial charge in [0.05, 0.1) is 60.8 Å². The Balaban J connectivity index is 1.02. The number of aromatic nitrogens is 4. The minimum Gasteiger partial charge on any atom is -0.508 e. The number of aromatic amines is 3. The number of imidazole rings is 1. The third-order valence-electron chi connectivity index (χ3n) is 26.0. The van der Waals surface area contributed by atoms with Crippen molar-refractivity contribution in [2.75, 3.05) is 64.9 Å². The molecule has 15 atom stereocenters. The van der Waals surface area contributed by atoms with E-state index in [2.05, 4.69) is 57.2 Å². The number of carbonyl (C=O) groups is 17. The largest absolute Gasteiger partial charge is 0.508 e. The number of fused-ring (bicyclic) bond motifs is 5. The first-order chi connectivity index (χ1) is 64.4. The molecule has 0 radical (unpaired) electrons. The molecular formula is C95H131N19O20S. The van der Waals surface area contributed by atoms with Gasteiger partial charge >= 0.3 is 0 Å². The highest BCUT2D eigenvalue weighted by molar-refractivity contribution is 7.99. The lowest BCUT2D eigenvalue weighted by Gasteiger charge is -2.37. The zero-order valence-corrected chi connectivity index (χ0v) is 78.5. The van der Waals surface area contributed by atoms with Crippen LogP contribution in [0.25, 0.3) is 21.8 Å². The molecule has 7 heterocycles. The van der Waals surface area contributed by atoms with Gasteiger partial charge in [-0.2, -0.15) is 11.8 Å². The predicted molar refractivity (Wildman–Crippen MR) is 500 cm³/mol. The van der Waals surface area contributed by atoms with Crippen molar-refractivity contribution in [3.05, 3.63) is 120 Å². The number of H-pyrrole nitrogens is 3. The molecule has 4 fully saturated rings. The van der Waals surface area contributed by atoms with Gasteiger partial charge in [0.1, 0.15) is 54.1 Å². The van der Waals surface area contributed by atoms with E-state index in [1.807, 2.05) is 13.8 Å². The SMILES string of the molecule is CCCC[C@H]1C(=O)N(C)[C@@H](CCCC)C(=O)N[C@@H](CCCN)C(=O)C[C@H](C(=O)NCC(N)=O)CSCC(=O)N[C@@H](Cc2ccc(O)cc2)C(=O)N2CCC[C@]2(C)C(=O)C[C@@H](CC(N)=O)C(=O)N2CCCC2C(=O)N[C@@H](Cc2cnc[nH]2)C(=O)C[C@@H](CC(C)C)C(=O)N2C[C@H](O)C[C@H]2C(=O)N[C@@H](Cc2c[nH]c3ccccc23)C(=O)N[C@@H](CO)C(=O)N[C@@H](Cc2c[nH]c3ccccc23)C(=O)N1C. The van der Waals surface area contributed by atoms with Crippen LogP contribution in [-0.4, -0.2) is 297 Å². The number of hydrogen-bond donors (Lipinski definition) is 16. The molecule has 4 saturated heterocycles. The van der Waals surface area contributed by atoms with Crippen LogP contribution >= 0.6 is 11.8 Å². The number of hydrogen-bond acceptors (Lipinski definition) is 23. The maximum absolute atomic E-state index is 15.7. The lowest BCUT2D eigenvalue weighted by Crippen LogP contribution is -2.61. The monoisotopic (exact) mass is 1890 g/mol. The summed E-state index contributed by atoms with van der Waals surface area (Å²) in [6.45, 7) is 6.64. The van der Waals surface area contributed by atoms with E-state index in [9.17, 15) is 39.3 Å².